The van der Waals surface area contributed by atoms with Gasteiger partial charge in [0.2, 0.25) is 0 Å². The van der Waals surface area contributed by atoms with Gasteiger partial charge in [-0.25, -0.2) is 0 Å². The molecule has 30 heavy (non-hydrogen) atoms. The van der Waals surface area contributed by atoms with Gasteiger partial charge in [0, 0.05) is 23.7 Å². The summed E-state index contributed by atoms with van der Waals surface area (Å²) >= 11 is 0. The molecule has 0 aliphatic heterocycles. The Morgan fingerprint density at radius 2 is 1.73 bits per heavy atom. The average molecular weight is 417 g/mol. The molecule has 3 saturated carbocycles. The molecule has 0 N–H and O–H groups in total. The van der Waals surface area contributed by atoms with Crippen LogP contribution in [-0.4, -0.2) is 24.6 Å². The van der Waals surface area contributed by atoms with Gasteiger partial charge in [0.05, 0.1) is 0 Å². The van der Waals surface area contributed by atoms with Crippen LogP contribution in [0.5, 0.6) is 0 Å². The minimum Gasteiger partial charge on any atom is -0.465 e. The standard InChI is InChI=1S/C26H40O4/c1-5-23(27)29-16-26-14-7-8-17(3)19(26)10-9-18-20-11-12-22(30-24(28)6-2)25(20,4)15-13-21(18)26/h18,20-22H,5-16H2,1-4H3/t18-,20-,21-,22-,25-,26+/m0/s1. The van der Waals surface area contributed by atoms with Gasteiger partial charge in [-0.15, -0.1) is 0 Å². The zero-order valence-electron chi connectivity index (χ0n) is 19.4. The van der Waals surface area contributed by atoms with Crippen LogP contribution in [0.25, 0.3) is 0 Å². The topological polar surface area (TPSA) is 52.6 Å². The fraction of sp³-hybridized carbons (Fsp3) is 0.846. The van der Waals surface area contributed by atoms with Crippen LogP contribution in [0.4, 0.5) is 0 Å². The van der Waals surface area contributed by atoms with Crippen LogP contribution < -0.4 is 0 Å². The molecule has 4 aliphatic carbocycles. The zero-order chi connectivity index (χ0) is 21.5. The van der Waals surface area contributed by atoms with Crippen molar-refractivity contribution in [3.63, 3.8) is 0 Å². The van der Waals surface area contributed by atoms with Crippen molar-refractivity contribution in [2.24, 2.45) is 28.6 Å². The SMILES string of the molecule is CCC(=O)OC[C@]12CCCC(C)=C1CC[C@@H]1[C@@H]2CC[C@]2(C)[C@@H](OC(=O)CC)CC[C@@H]12. The van der Waals surface area contributed by atoms with Crippen LogP contribution in [-0.2, 0) is 19.1 Å². The fourth-order valence-electron chi connectivity index (χ4n) is 7.92. The lowest BCUT2D eigenvalue weighted by Crippen LogP contribution is -2.54. The molecule has 4 heteroatoms. The molecule has 0 aromatic carbocycles. The summed E-state index contributed by atoms with van der Waals surface area (Å²) in [7, 11) is 0. The molecule has 4 rings (SSSR count). The van der Waals surface area contributed by atoms with Crippen molar-refractivity contribution in [3.8, 4) is 0 Å². The van der Waals surface area contributed by atoms with E-state index in [1.54, 1.807) is 11.1 Å². The Morgan fingerprint density at radius 1 is 0.967 bits per heavy atom. The minimum atomic E-state index is -0.0675. The summed E-state index contributed by atoms with van der Waals surface area (Å²) < 4.78 is 11.8. The molecule has 3 fully saturated rings. The first kappa shape index (κ1) is 21.9. The first-order chi connectivity index (χ1) is 14.4. The van der Waals surface area contributed by atoms with E-state index in [-0.39, 0.29) is 28.9 Å². The molecule has 0 saturated heterocycles. The van der Waals surface area contributed by atoms with E-state index in [4.69, 9.17) is 9.47 Å². The van der Waals surface area contributed by atoms with E-state index in [1.165, 1.54) is 25.7 Å². The third-order valence-corrected chi connectivity index (χ3v) is 9.42. The third-order valence-electron chi connectivity index (χ3n) is 9.42. The highest BCUT2D eigenvalue weighted by Gasteiger charge is 2.61. The Kier molecular flexibility index (Phi) is 6.07. The molecule has 0 aromatic heterocycles. The van der Waals surface area contributed by atoms with Crippen molar-refractivity contribution < 1.29 is 19.1 Å². The Morgan fingerprint density at radius 3 is 2.47 bits per heavy atom. The number of hydrogen-bond donors (Lipinski definition) is 0. The zero-order valence-corrected chi connectivity index (χ0v) is 19.4. The number of carbonyl (C=O) groups is 2. The van der Waals surface area contributed by atoms with Crippen LogP contribution in [0.2, 0.25) is 0 Å². The van der Waals surface area contributed by atoms with Gasteiger partial charge in [-0.3, -0.25) is 9.59 Å². The second-order valence-electron chi connectivity index (χ2n) is 10.7. The number of fused-ring (bicyclic) bond motifs is 5. The summed E-state index contributed by atoms with van der Waals surface area (Å²) in [6.07, 6.45) is 11.4. The van der Waals surface area contributed by atoms with E-state index in [0.29, 0.717) is 37.2 Å². The van der Waals surface area contributed by atoms with Crippen molar-refractivity contribution in [2.45, 2.75) is 104 Å². The maximum Gasteiger partial charge on any atom is 0.305 e. The van der Waals surface area contributed by atoms with Gasteiger partial charge >= 0.3 is 11.9 Å². The molecule has 0 amide bonds. The monoisotopic (exact) mass is 416 g/mol. The molecule has 0 aromatic rings. The van der Waals surface area contributed by atoms with Crippen LogP contribution in [0.1, 0.15) is 98.3 Å². The molecule has 168 valence electrons. The second kappa shape index (κ2) is 8.31. The molecule has 0 unspecified atom stereocenters. The predicted octanol–water partition coefficient (Wildman–Crippen LogP) is 5.98. The normalized spacial score (nSPS) is 40.3. The summed E-state index contributed by atoms with van der Waals surface area (Å²) in [5, 5.41) is 0. The van der Waals surface area contributed by atoms with Gasteiger partial charge in [0.15, 0.2) is 0 Å². The van der Waals surface area contributed by atoms with Crippen LogP contribution in [0.3, 0.4) is 0 Å². The number of esters is 2. The van der Waals surface area contributed by atoms with Crippen molar-refractivity contribution in [1.82, 2.24) is 0 Å². The molecule has 4 aliphatic rings. The van der Waals surface area contributed by atoms with Gasteiger partial charge in [0.1, 0.15) is 12.7 Å². The maximum absolute atomic E-state index is 12.1. The molecule has 0 spiro atoms. The van der Waals surface area contributed by atoms with Crippen LogP contribution >= 0.6 is 0 Å². The van der Waals surface area contributed by atoms with Crippen molar-refractivity contribution in [3.05, 3.63) is 11.1 Å². The lowest BCUT2D eigenvalue weighted by Gasteiger charge is -2.59. The summed E-state index contributed by atoms with van der Waals surface area (Å²) in [4.78, 5) is 24.1. The van der Waals surface area contributed by atoms with E-state index < -0.39 is 0 Å². The fourth-order valence-corrected chi connectivity index (χ4v) is 7.92. The van der Waals surface area contributed by atoms with Gasteiger partial charge in [-0.1, -0.05) is 31.9 Å². The second-order valence-corrected chi connectivity index (χ2v) is 10.7. The first-order valence-electron chi connectivity index (χ1n) is 12.4. The van der Waals surface area contributed by atoms with Gasteiger partial charge in [-0.2, -0.15) is 0 Å². The summed E-state index contributed by atoms with van der Waals surface area (Å²) in [6, 6.07) is 0. The van der Waals surface area contributed by atoms with Crippen molar-refractivity contribution in [1.29, 1.82) is 0 Å². The Labute approximate surface area is 182 Å². The molecule has 0 radical (unpaired) electrons. The highest BCUT2D eigenvalue weighted by atomic mass is 16.5. The van der Waals surface area contributed by atoms with Gasteiger partial charge in [-0.05, 0) is 82.5 Å². The number of carbonyl (C=O) groups excluding carboxylic acids is 2. The number of allylic oxidation sites excluding steroid dienone is 1. The quantitative estimate of drug-likeness (QED) is 0.408. The highest BCUT2D eigenvalue weighted by molar-refractivity contribution is 5.69. The first-order valence-corrected chi connectivity index (χ1v) is 12.4. The molecule has 0 heterocycles. The van der Waals surface area contributed by atoms with E-state index in [9.17, 15) is 9.59 Å². The molecule has 6 atom stereocenters. The van der Waals surface area contributed by atoms with Crippen molar-refractivity contribution >= 4 is 11.9 Å². The molecular weight excluding hydrogens is 376 g/mol. The number of hydrogen-bond acceptors (Lipinski definition) is 4. The average Bonchev–Trinajstić information content (AvgIpc) is 3.08. The number of rotatable bonds is 5. The number of ether oxygens (including phenoxy) is 2. The Hall–Kier alpha value is -1.32. The largest absolute Gasteiger partial charge is 0.465 e. The summed E-state index contributed by atoms with van der Waals surface area (Å²) in [5.41, 5.74) is 3.34. The lowest BCUT2D eigenvalue weighted by molar-refractivity contribution is -0.162. The van der Waals surface area contributed by atoms with E-state index >= 15 is 0 Å². The maximum atomic E-state index is 12.1. The smallest absolute Gasteiger partial charge is 0.305 e. The molecule has 0 bridgehead atoms. The lowest BCUT2D eigenvalue weighted by atomic mass is 9.46. The van der Waals surface area contributed by atoms with Gasteiger partial charge < -0.3 is 9.47 Å². The van der Waals surface area contributed by atoms with Crippen LogP contribution in [0, 0.1) is 28.6 Å². The minimum absolute atomic E-state index is 0.0512. The highest BCUT2D eigenvalue weighted by Crippen LogP contribution is 2.66. The van der Waals surface area contributed by atoms with Gasteiger partial charge in [0.25, 0.3) is 0 Å². The molecule has 4 nitrogen and oxygen atoms in total. The Bertz CT molecular complexity index is 725. The van der Waals surface area contributed by atoms with E-state index in [1.807, 2.05) is 13.8 Å². The predicted molar refractivity (Wildman–Crippen MR) is 117 cm³/mol. The third kappa shape index (κ3) is 3.42. The van der Waals surface area contributed by atoms with E-state index in [2.05, 4.69) is 13.8 Å². The van der Waals surface area contributed by atoms with E-state index in [0.717, 1.165) is 32.1 Å². The molecular formula is C26H40O4. The Balaban J connectivity index is 1.62. The van der Waals surface area contributed by atoms with Crippen molar-refractivity contribution in [2.75, 3.05) is 6.61 Å². The van der Waals surface area contributed by atoms with Crippen LogP contribution in [0.15, 0.2) is 11.1 Å². The summed E-state index contributed by atoms with van der Waals surface area (Å²) in [5.74, 6) is 1.75. The summed E-state index contributed by atoms with van der Waals surface area (Å²) in [6.45, 7) is 9.04.